The Kier molecular flexibility index (Phi) is 7.95. The van der Waals surface area contributed by atoms with E-state index in [4.69, 9.17) is 0 Å². The molecule has 1 aromatic heterocycles. The Morgan fingerprint density at radius 1 is 1.26 bits per heavy atom. The molecule has 19 heavy (non-hydrogen) atoms. The molecule has 0 spiro atoms. The molecule has 0 saturated heterocycles. The third-order valence-corrected chi connectivity index (χ3v) is 3.37. The first-order valence-electron chi connectivity index (χ1n) is 7.64. The van der Waals surface area contributed by atoms with Gasteiger partial charge in [-0.3, -0.25) is 0 Å². The average molecular weight is 260 g/mol. The predicted octanol–water partition coefficient (Wildman–Crippen LogP) is 5.19. The third-order valence-electron chi connectivity index (χ3n) is 3.37. The molecular weight excluding hydrogens is 232 g/mol. The maximum Gasteiger partial charge on any atom is 0.126 e. The number of hydrogen-bond acceptors (Lipinski definition) is 2. The van der Waals surface area contributed by atoms with Gasteiger partial charge >= 0.3 is 0 Å². The molecule has 2 nitrogen and oxygen atoms in total. The molecule has 0 fully saturated rings. The largest absolute Gasteiger partial charge is 0.364 e. The number of unbranched alkanes of at least 4 members (excludes halogenated alkanes) is 3. The molecule has 0 aliphatic rings. The monoisotopic (exact) mass is 260 g/mol. The standard InChI is InChI=1S/C17H28N2/c1-4-6-8-12-16(11-7-5-2)15(3)19-17-13-9-10-14-18-17/h9-10,12-15H,4-8,11H2,1-3H3,(H,18,19)/b16-12+. The first kappa shape index (κ1) is 15.7. The van der Waals surface area contributed by atoms with E-state index in [1.54, 1.807) is 0 Å². The molecule has 1 heterocycles. The molecule has 0 aliphatic heterocycles. The normalized spacial score (nSPS) is 13.3. The van der Waals surface area contributed by atoms with Crippen molar-refractivity contribution >= 4 is 5.82 Å². The van der Waals surface area contributed by atoms with E-state index in [0.717, 1.165) is 5.82 Å². The molecule has 1 atom stereocenters. The van der Waals surface area contributed by atoms with Crippen molar-refractivity contribution in [1.82, 2.24) is 4.98 Å². The fraction of sp³-hybridized carbons (Fsp3) is 0.588. The Balaban J connectivity index is 2.59. The summed E-state index contributed by atoms with van der Waals surface area (Å²) in [5.41, 5.74) is 1.53. The number of pyridine rings is 1. The molecule has 0 saturated carbocycles. The highest BCUT2D eigenvalue weighted by Gasteiger charge is 2.08. The Morgan fingerprint density at radius 3 is 2.68 bits per heavy atom. The average Bonchev–Trinajstić information content (AvgIpc) is 2.43. The minimum atomic E-state index is 0.373. The summed E-state index contributed by atoms with van der Waals surface area (Å²) in [6, 6.07) is 6.37. The molecule has 106 valence electrons. The van der Waals surface area contributed by atoms with Crippen LogP contribution in [0.4, 0.5) is 5.82 Å². The van der Waals surface area contributed by atoms with E-state index in [0.29, 0.717) is 6.04 Å². The van der Waals surface area contributed by atoms with Crippen LogP contribution in [0.15, 0.2) is 36.0 Å². The summed E-state index contributed by atoms with van der Waals surface area (Å²) >= 11 is 0. The van der Waals surface area contributed by atoms with Gasteiger partial charge in [0.1, 0.15) is 5.82 Å². The van der Waals surface area contributed by atoms with Crippen molar-refractivity contribution in [2.45, 2.75) is 65.3 Å². The van der Waals surface area contributed by atoms with Gasteiger partial charge in [0, 0.05) is 12.2 Å². The number of anilines is 1. The van der Waals surface area contributed by atoms with Crippen LogP contribution in [0.25, 0.3) is 0 Å². The fourth-order valence-corrected chi connectivity index (χ4v) is 2.13. The Bertz CT molecular complexity index is 357. The van der Waals surface area contributed by atoms with Crippen LogP contribution in [0.2, 0.25) is 0 Å². The zero-order valence-electron chi connectivity index (χ0n) is 12.7. The van der Waals surface area contributed by atoms with Gasteiger partial charge in [-0.2, -0.15) is 0 Å². The maximum atomic E-state index is 4.34. The highest BCUT2D eigenvalue weighted by molar-refractivity contribution is 5.37. The molecule has 1 unspecified atom stereocenters. The molecule has 1 N–H and O–H groups in total. The van der Waals surface area contributed by atoms with Gasteiger partial charge in [0.2, 0.25) is 0 Å². The first-order valence-corrected chi connectivity index (χ1v) is 7.64. The second kappa shape index (κ2) is 9.60. The summed E-state index contributed by atoms with van der Waals surface area (Å²) in [7, 11) is 0. The molecular formula is C17H28N2. The second-order valence-corrected chi connectivity index (χ2v) is 5.11. The topological polar surface area (TPSA) is 24.9 Å². The highest BCUT2D eigenvalue weighted by Crippen LogP contribution is 2.17. The van der Waals surface area contributed by atoms with Crippen molar-refractivity contribution in [2.75, 3.05) is 5.32 Å². The fourth-order valence-electron chi connectivity index (χ4n) is 2.13. The number of nitrogens with zero attached hydrogens (tertiary/aromatic N) is 1. The van der Waals surface area contributed by atoms with Gasteiger partial charge in [-0.15, -0.1) is 0 Å². The molecule has 0 aliphatic carbocycles. The summed E-state index contributed by atoms with van der Waals surface area (Å²) in [6.45, 7) is 6.73. The van der Waals surface area contributed by atoms with Gasteiger partial charge in [-0.05, 0) is 38.3 Å². The van der Waals surface area contributed by atoms with E-state index >= 15 is 0 Å². The van der Waals surface area contributed by atoms with Crippen LogP contribution in [0.3, 0.4) is 0 Å². The van der Waals surface area contributed by atoms with Crippen LogP contribution in [-0.2, 0) is 0 Å². The van der Waals surface area contributed by atoms with E-state index < -0.39 is 0 Å². The first-order chi connectivity index (χ1) is 9.27. The Labute approximate surface area is 118 Å². The van der Waals surface area contributed by atoms with Crippen molar-refractivity contribution in [2.24, 2.45) is 0 Å². The van der Waals surface area contributed by atoms with Crippen molar-refractivity contribution in [1.29, 1.82) is 0 Å². The molecule has 0 radical (unpaired) electrons. The van der Waals surface area contributed by atoms with Gasteiger partial charge in [0.15, 0.2) is 0 Å². The number of allylic oxidation sites excluding steroid dienone is 1. The van der Waals surface area contributed by atoms with Crippen LogP contribution in [0.5, 0.6) is 0 Å². The Hall–Kier alpha value is -1.31. The third kappa shape index (κ3) is 6.42. The van der Waals surface area contributed by atoms with E-state index in [9.17, 15) is 0 Å². The number of aromatic nitrogens is 1. The van der Waals surface area contributed by atoms with Crippen LogP contribution in [0.1, 0.15) is 59.3 Å². The van der Waals surface area contributed by atoms with Crippen LogP contribution in [0, 0.1) is 0 Å². The summed E-state index contributed by atoms with van der Waals surface area (Å²) < 4.78 is 0. The lowest BCUT2D eigenvalue weighted by Gasteiger charge is -2.18. The Morgan fingerprint density at radius 2 is 2.05 bits per heavy atom. The van der Waals surface area contributed by atoms with Gasteiger partial charge in [0.05, 0.1) is 0 Å². The van der Waals surface area contributed by atoms with E-state index in [1.165, 1.54) is 44.1 Å². The zero-order chi connectivity index (χ0) is 13.9. The van der Waals surface area contributed by atoms with Crippen molar-refractivity contribution in [3.63, 3.8) is 0 Å². The molecule has 1 rings (SSSR count). The van der Waals surface area contributed by atoms with E-state index in [-0.39, 0.29) is 0 Å². The molecule has 1 aromatic rings. The summed E-state index contributed by atoms with van der Waals surface area (Å²) in [6.07, 6.45) is 11.7. The van der Waals surface area contributed by atoms with Crippen LogP contribution in [-0.4, -0.2) is 11.0 Å². The minimum absolute atomic E-state index is 0.373. The summed E-state index contributed by atoms with van der Waals surface area (Å²) in [4.78, 5) is 4.34. The van der Waals surface area contributed by atoms with Gasteiger partial charge in [-0.25, -0.2) is 4.98 Å². The quantitative estimate of drug-likeness (QED) is 0.488. The van der Waals surface area contributed by atoms with E-state index in [1.807, 2.05) is 24.4 Å². The number of rotatable bonds is 9. The van der Waals surface area contributed by atoms with Crippen LogP contribution >= 0.6 is 0 Å². The lowest BCUT2D eigenvalue weighted by atomic mass is 10.00. The van der Waals surface area contributed by atoms with Gasteiger partial charge in [-0.1, -0.05) is 50.8 Å². The minimum Gasteiger partial charge on any atom is -0.364 e. The maximum absolute atomic E-state index is 4.34. The highest BCUT2D eigenvalue weighted by atomic mass is 15.0. The van der Waals surface area contributed by atoms with Crippen molar-refractivity contribution in [3.8, 4) is 0 Å². The number of nitrogens with one attached hydrogen (secondary N) is 1. The molecule has 0 aromatic carbocycles. The smallest absolute Gasteiger partial charge is 0.126 e. The van der Waals surface area contributed by atoms with E-state index in [2.05, 4.69) is 37.1 Å². The van der Waals surface area contributed by atoms with Crippen LogP contribution < -0.4 is 5.32 Å². The molecule has 2 heteroatoms. The number of hydrogen-bond donors (Lipinski definition) is 1. The zero-order valence-corrected chi connectivity index (χ0v) is 12.7. The summed E-state index contributed by atoms with van der Waals surface area (Å²) in [5, 5.41) is 3.50. The lowest BCUT2D eigenvalue weighted by Crippen LogP contribution is -2.19. The summed E-state index contributed by atoms with van der Waals surface area (Å²) in [5.74, 6) is 0.966. The van der Waals surface area contributed by atoms with Gasteiger partial charge < -0.3 is 5.32 Å². The molecule has 0 bridgehead atoms. The van der Waals surface area contributed by atoms with Crippen molar-refractivity contribution < 1.29 is 0 Å². The SMILES string of the molecule is CCCC/C=C(\CCCC)C(C)Nc1ccccn1. The lowest BCUT2D eigenvalue weighted by molar-refractivity contribution is 0.723. The second-order valence-electron chi connectivity index (χ2n) is 5.11. The van der Waals surface area contributed by atoms with Crippen molar-refractivity contribution in [3.05, 3.63) is 36.0 Å². The predicted molar refractivity (Wildman–Crippen MR) is 84.5 cm³/mol. The molecule has 0 amide bonds. The van der Waals surface area contributed by atoms with Gasteiger partial charge in [0.25, 0.3) is 0 Å².